The van der Waals surface area contributed by atoms with Crippen LogP contribution in [0.5, 0.6) is 0 Å². The summed E-state index contributed by atoms with van der Waals surface area (Å²) in [6.07, 6.45) is 0. The number of anilines is 1. The van der Waals surface area contributed by atoms with Crippen LogP contribution in [0.1, 0.15) is 15.9 Å². The van der Waals surface area contributed by atoms with Gasteiger partial charge in [0.2, 0.25) is 0 Å². The minimum atomic E-state index is -0.178. The Kier molecular flexibility index (Phi) is 5.78. The van der Waals surface area contributed by atoms with Crippen LogP contribution >= 0.6 is 15.9 Å². The average Bonchev–Trinajstić information content (AvgIpc) is 2.51. The highest BCUT2D eigenvalue weighted by Crippen LogP contribution is 2.14. The summed E-state index contributed by atoms with van der Waals surface area (Å²) in [4.78, 5) is 11.7. The predicted molar refractivity (Wildman–Crippen MR) is 87.3 cm³/mol. The molecule has 2 rings (SSSR count). The summed E-state index contributed by atoms with van der Waals surface area (Å²) >= 11 is 3.44. The number of benzene rings is 2. The second kappa shape index (κ2) is 7.81. The molecule has 2 aromatic carbocycles. The van der Waals surface area contributed by atoms with E-state index in [9.17, 15) is 4.79 Å². The lowest BCUT2D eigenvalue weighted by atomic mass is 10.2. The summed E-state index contributed by atoms with van der Waals surface area (Å²) in [5, 5.41) is 14.6. The van der Waals surface area contributed by atoms with E-state index in [0.29, 0.717) is 5.56 Å². The molecule has 0 aromatic heterocycles. The van der Waals surface area contributed by atoms with Gasteiger partial charge in [-0.15, -0.1) is 0 Å². The van der Waals surface area contributed by atoms with E-state index in [1.807, 2.05) is 24.3 Å². The topological polar surface area (TPSA) is 61.4 Å². The number of nitrogens with one attached hydrogen (secondary N) is 2. The number of carbonyl (C=O) groups is 1. The van der Waals surface area contributed by atoms with E-state index in [4.69, 9.17) is 5.11 Å². The molecule has 0 unspecified atom stereocenters. The summed E-state index contributed by atoms with van der Waals surface area (Å²) in [6.45, 7) is 0.926. The zero-order valence-electron chi connectivity index (χ0n) is 11.5. The Morgan fingerprint density at radius 2 is 1.90 bits per heavy atom. The number of hydrogen-bond acceptors (Lipinski definition) is 3. The molecule has 5 heteroatoms. The molecule has 0 spiro atoms. The fourth-order valence-electron chi connectivity index (χ4n) is 1.86. The maximum Gasteiger partial charge on any atom is 0.251 e. The molecule has 0 atom stereocenters. The van der Waals surface area contributed by atoms with Crippen LogP contribution in [0.15, 0.2) is 53.0 Å². The first-order valence-corrected chi connectivity index (χ1v) is 7.46. The van der Waals surface area contributed by atoms with Gasteiger partial charge >= 0.3 is 0 Å². The normalized spacial score (nSPS) is 10.2. The Bertz CT molecular complexity index is 599. The van der Waals surface area contributed by atoms with Gasteiger partial charge in [0, 0.05) is 28.8 Å². The number of aliphatic hydroxyl groups is 1. The number of rotatable bonds is 6. The zero-order valence-corrected chi connectivity index (χ0v) is 13.1. The van der Waals surface area contributed by atoms with Gasteiger partial charge in [-0.05, 0) is 42.0 Å². The van der Waals surface area contributed by atoms with Gasteiger partial charge < -0.3 is 15.7 Å². The van der Waals surface area contributed by atoms with Crippen LogP contribution in [-0.2, 0) is 6.54 Å². The smallest absolute Gasteiger partial charge is 0.251 e. The molecule has 0 aliphatic heterocycles. The number of halogens is 1. The molecule has 0 radical (unpaired) electrons. The predicted octanol–water partition coefficient (Wildman–Crippen LogP) is 2.78. The van der Waals surface area contributed by atoms with Crippen LogP contribution in [0.3, 0.4) is 0 Å². The summed E-state index contributed by atoms with van der Waals surface area (Å²) in [6, 6.07) is 15.3. The third-order valence-corrected chi connectivity index (χ3v) is 3.42. The van der Waals surface area contributed by atoms with E-state index in [0.717, 1.165) is 16.7 Å². The second-order valence-corrected chi connectivity index (χ2v) is 5.46. The average molecular weight is 349 g/mol. The fraction of sp³-hybridized carbons (Fsp3) is 0.188. The van der Waals surface area contributed by atoms with Crippen LogP contribution in [0.25, 0.3) is 0 Å². The Hall–Kier alpha value is -1.85. The maximum absolute atomic E-state index is 11.7. The quantitative estimate of drug-likeness (QED) is 0.752. The first-order chi connectivity index (χ1) is 10.2. The molecule has 0 fully saturated rings. The van der Waals surface area contributed by atoms with E-state index in [2.05, 4.69) is 38.7 Å². The standard InChI is InChI=1S/C16H17BrN2O2/c17-14-3-1-2-12(10-14)11-19-15-6-4-13(5-7-15)16(21)18-8-9-20/h1-7,10,19-20H,8-9,11H2,(H,18,21). The molecular weight excluding hydrogens is 332 g/mol. The molecular formula is C16H17BrN2O2. The monoisotopic (exact) mass is 348 g/mol. The molecule has 0 aliphatic rings. The Balaban J connectivity index is 1.92. The lowest BCUT2D eigenvalue weighted by molar-refractivity contribution is 0.0945. The van der Waals surface area contributed by atoms with Crippen molar-refractivity contribution in [1.82, 2.24) is 5.32 Å². The van der Waals surface area contributed by atoms with Crippen LogP contribution in [0.2, 0.25) is 0 Å². The van der Waals surface area contributed by atoms with Gasteiger partial charge in [0.15, 0.2) is 0 Å². The molecule has 3 N–H and O–H groups in total. The van der Waals surface area contributed by atoms with Crippen LogP contribution in [0, 0.1) is 0 Å². The number of carbonyl (C=O) groups excluding carboxylic acids is 1. The van der Waals surface area contributed by atoms with Crippen molar-refractivity contribution in [2.75, 3.05) is 18.5 Å². The van der Waals surface area contributed by atoms with E-state index < -0.39 is 0 Å². The van der Waals surface area contributed by atoms with Crippen molar-refractivity contribution in [1.29, 1.82) is 0 Å². The SMILES string of the molecule is O=C(NCCO)c1ccc(NCc2cccc(Br)c2)cc1. The van der Waals surface area contributed by atoms with Gasteiger partial charge in [-0.1, -0.05) is 28.1 Å². The first-order valence-electron chi connectivity index (χ1n) is 6.66. The number of hydrogen-bond donors (Lipinski definition) is 3. The number of aliphatic hydroxyl groups excluding tert-OH is 1. The van der Waals surface area contributed by atoms with Crippen molar-refractivity contribution >= 4 is 27.5 Å². The Morgan fingerprint density at radius 1 is 1.14 bits per heavy atom. The van der Waals surface area contributed by atoms with Gasteiger partial charge in [0.1, 0.15) is 0 Å². The lowest BCUT2D eigenvalue weighted by Gasteiger charge is -2.08. The Labute approximate surface area is 132 Å². The van der Waals surface area contributed by atoms with Crippen molar-refractivity contribution in [2.24, 2.45) is 0 Å². The third-order valence-electron chi connectivity index (χ3n) is 2.93. The lowest BCUT2D eigenvalue weighted by Crippen LogP contribution is -2.26. The van der Waals surface area contributed by atoms with E-state index in [-0.39, 0.29) is 19.1 Å². The van der Waals surface area contributed by atoms with Crippen LogP contribution in [0.4, 0.5) is 5.69 Å². The third kappa shape index (κ3) is 4.88. The van der Waals surface area contributed by atoms with Crippen LogP contribution in [-0.4, -0.2) is 24.2 Å². The maximum atomic E-state index is 11.7. The molecule has 21 heavy (non-hydrogen) atoms. The van der Waals surface area contributed by atoms with Crippen molar-refractivity contribution in [3.8, 4) is 0 Å². The molecule has 0 bridgehead atoms. The highest BCUT2D eigenvalue weighted by Gasteiger charge is 2.04. The molecule has 1 amide bonds. The molecule has 110 valence electrons. The van der Waals surface area contributed by atoms with Crippen molar-refractivity contribution in [3.63, 3.8) is 0 Å². The Morgan fingerprint density at radius 3 is 2.57 bits per heavy atom. The summed E-state index contributed by atoms with van der Waals surface area (Å²) in [7, 11) is 0. The highest BCUT2D eigenvalue weighted by molar-refractivity contribution is 9.10. The van der Waals surface area contributed by atoms with Gasteiger partial charge in [0.05, 0.1) is 6.61 Å². The fourth-order valence-corrected chi connectivity index (χ4v) is 2.31. The van der Waals surface area contributed by atoms with Gasteiger partial charge in [-0.3, -0.25) is 4.79 Å². The minimum absolute atomic E-state index is 0.0575. The largest absolute Gasteiger partial charge is 0.395 e. The summed E-state index contributed by atoms with van der Waals surface area (Å²) in [5.74, 6) is -0.178. The molecule has 0 aliphatic carbocycles. The summed E-state index contributed by atoms with van der Waals surface area (Å²) < 4.78 is 1.05. The molecule has 0 heterocycles. The highest BCUT2D eigenvalue weighted by atomic mass is 79.9. The summed E-state index contributed by atoms with van der Waals surface area (Å²) in [5.41, 5.74) is 2.71. The van der Waals surface area contributed by atoms with Crippen LogP contribution < -0.4 is 10.6 Å². The molecule has 2 aromatic rings. The molecule has 0 saturated carbocycles. The van der Waals surface area contributed by atoms with Crippen molar-refractivity contribution in [3.05, 3.63) is 64.1 Å². The zero-order chi connectivity index (χ0) is 15.1. The van der Waals surface area contributed by atoms with E-state index >= 15 is 0 Å². The van der Waals surface area contributed by atoms with Gasteiger partial charge in [0.25, 0.3) is 5.91 Å². The first kappa shape index (κ1) is 15.5. The van der Waals surface area contributed by atoms with E-state index in [1.54, 1.807) is 12.1 Å². The van der Waals surface area contributed by atoms with E-state index in [1.165, 1.54) is 5.56 Å². The van der Waals surface area contributed by atoms with Gasteiger partial charge in [-0.2, -0.15) is 0 Å². The van der Waals surface area contributed by atoms with Gasteiger partial charge in [-0.25, -0.2) is 0 Å². The van der Waals surface area contributed by atoms with Crippen molar-refractivity contribution < 1.29 is 9.90 Å². The minimum Gasteiger partial charge on any atom is -0.395 e. The van der Waals surface area contributed by atoms with Crippen molar-refractivity contribution in [2.45, 2.75) is 6.54 Å². The molecule has 4 nitrogen and oxygen atoms in total. The molecule has 0 saturated heterocycles. The number of amides is 1. The second-order valence-electron chi connectivity index (χ2n) is 4.54.